The molecular formula is C63H42N2. The standard InChI is InChI=1S/C63H42N2/c1-63(2)55-35-44(26-30-51(55)52-33-29-49(38-56(52)63)64(47-18-4-3-5-19-47)57-21-11-15-40-13-8-9-20-50(40)57)45-27-31-53-58(36-45)65(48-28-24-39-12-6-7-14-43(39)34-48)59-37-46-23-22-41-16-10-17-42-25-32-54(62(53)59)61(46)60(41)42/h3-38H,1-2H3. The van der Waals surface area contributed by atoms with Crippen molar-refractivity contribution >= 4 is 92.7 Å². The van der Waals surface area contributed by atoms with E-state index in [4.69, 9.17) is 0 Å². The lowest BCUT2D eigenvalue weighted by molar-refractivity contribution is 0.660. The van der Waals surface area contributed by atoms with Gasteiger partial charge in [0, 0.05) is 38.6 Å². The number of rotatable bonds is 5. The summed E-state index contributed by atoms with van der Waals surface area (Å²) in [6, 6.07) is 81.5. The van der Waals surface area contributed by atoms with Crippen molar-refractivity contribution in [1.29, 1.82) is 0 Å². The smallest absolute Gasteiger partial charge is 0.0553 e. The third-order valence-corrected chi connectivity index (χ3v) is 14.6. The second-order valence-electron chi connectivity index (χ2n) is 18.5. The van der Waals surface area contributed by atoms with Crippen LogP contribution in [0, 0.1) is 0 Å². The lowest BCUT2D eigenvalue weighted by Crippen LogP contribution is -2.16. The zero-order valence-electron chi connectivity index (χ0n) is 36.2. The molecule has 14 rings (SSSR count). The fourth-order valence-corrected chi connectivity index (χ4v) is 11.5. The van der Waals surface area contributed by atoms with Gasteiger partial charge in [-0.3, -0.25) is 0 Å². The highest BCUT2D eigenvalue weighted by atomic mass is 15.1. The Bertz CT molecular complexity index is 4070. The van der Waals surface area contributed by atoms with E-state index in [9.17, 15) is 0 Å². The van der Waals surface area contributed by atoms with Gasteiger partial charge in [0.05, 0.1) is 16.7 Å². The quantitative estimate of drug-likeness (QED) is 0.157. The molecule has 0 saturated heterocycles. The number of aromatic nitrogens is 1. The first-order valence-corrected chi connectivity index (χ1v) is 22.7. The molecule has 0 amide bonds. The Morgan fingerprint density at radius 3 is 1.85 bits per heavy atom. The Labute approximate surface area is 377 Å². The van der Waals surface area contributed by atoms with Crippen LogP contribution in [-0.2, 0) is 5.41 Å². The van der Waals surface area contributed by atoms with Crippen LogP contribution in [0.3, 0.4) is 0 Å². The number of anilines is 3. The maximum atomic E-state index is 2.51. The number of benzene rings is 12. The first kappa shape index (κ1) is 36.3. The normalized spacial score (nSPS) is 13.2. The third-order valence-electron chi connectivity index (χ3n) is 14.6. The molecule has 2 nitrogen and oxygen atoms in total. The third kappa shape index (κ3) is 5.23. The van der Waals surface area contributed by atoms with Gasteiger partial charge in [0.2, 0.25) is 0 Å². The highest BCUT2D eigenvalue weighted by Gasteiger charge is 2.36. The van der Waals surface area contributed by atoms with E-state index in [0.29, 0.717) is 0 Å². The fourth-order valence-electron chi connectivity index (χ4n) is 11.5. The summed E-state index contributed by atoms with van der Waals surface area (Å²) in [5, 5.41) is 15.4. The van der Waals surface area contributed by atoms with Crippen LogP contribution >= 0.6 is 0 Å². The van der Waals surface area contributed by atoms with Gasteiger partial charge in [-0.15, -0.1) is 0 Å². The van der Waals surface area contributed by atoms with Crippen molar-refractivity contribution in [3.05, 3.63) is 230 Å². The molecular weight excluding hydrogens is 785 g/mol. The van der Waals surface area contributed by atoms with E-state index >= 15 is 0 Å². The molecule has 0 radical (unpaired) electrons. The summed E-state index contributed by atoms with van der Waals surface area (Å²) in [4.78, 5) is 2.42. The molecule has 304 valence electrons. The minimum atomic E-state index is -0.224. The van der Waals surface area contributed by atoms with Crippen LogP contribution in [0.25, 0.3) is 104 Å². The Kier molecular flexibility index (Phi) is 7.49. The highest BCUT2D eigenvalue weighted by Crippen LogP contribution is 2.52. The van der Waals surface area contributed by atoms with Crippen LogP contribution in [0.5, 0.6) is 0 Å². The Balaban J connectivity index is 0.940. The lowest BCUT2D eigenvalue weighted by atomic mass is 9.81. The van der Waals surface area contributed by atoms with E-state index in [-0.39, 0.29) is 5.41 Å². The SMILES string of the molecule is CC1(C)c2cc(-c3ccc4c5c6ccc7cccc8ccc(cc5n(-c5ccc9ccccc9c5)c4c3)c6c87)ccc2-c2ccc(N(c3ccccc3)c3cccc4ccccc34)cc21. The van der Waals surface area contributed by atoms with E-state index < -0.39 is 0 Å². The molecule has 0 bridgehead atoms. The largest absolute Gasteiger partial charge is 0.310 e. The van der Waals surface area contributed by atoms with Gasteiger partial charge in [-0.2, -0.15) is 0 Å². The minimum Gasteiger partial charge on any atom is -0.310 e. The molecule has 1 aliphatic rings. The monoisotopic (exact) mass is 826 g/mol. The Morgan fingerprint density at radius 2 is 0.985 bits per heavy atom. The maximum Gasteiger partial charge on any atom is 0.0553 e. The van der Waals surface area contributed by atoms with Gasteiger partial charge < -0.3 is 9.47 Å². The average molecular weight is 827 g/mol. The summed E-state index contributed by atoms with van der Waals surface area (Å²) in [7, 11) is 0. The van der Waals surface area contributed by atoms with E-state index in [2.05, 4.69) is 242 Å². The molecule has 0 atom stereocenters. The predicted octanol–water partition coefficient (Wildman–Crippen LogP) is 17.4. The van der Waals surface area contributed by atoms with E-state index in [1.807, 2.05) is 0 Å². The molecule has 1 aliphatic carbocycles. The van der Waals surface area contributed by atoms with Crippen LogP contribution in [-0.4, -0.2) is 4.57 Å². The van der Waals surface area contributed by atoms with Crippen LogP contribution in [0.1, 0.15) is 25.0 Å². The van der Waals surface area contributed by atoms with Crippen molar-refractivity contribution in [2.45, 2.75) is 19.3 Å². The Morgan fingerprint density at radius 1 is 0.354 bits per heavy atom. The number of fused-ring (bicyclic) bond motifs is 9. The zero-order chi connectivity index (χ0) is 43.0. The Hall–Kier alpha value is -8.20. The van der Waals surface area contributed by atoms with Crippen LogP contribution in [0.4, 0.5) is 17.1 Å². The van der Waals surface area contributed by atoms with Gasteiger partial charge in [-0.1, -0.05) is 172 Å². The summed E-state index contributed by atoms with van der Waals surface area (Å²) in [6.45, 7) is 4.80. The fraction of sp³-hybridized carbons (Fsp3) is 0.0476. The molecule has 0 N–H and O–H groups in total. The highest BCUT2D eigenvalue weighted by molar-refractivity contribution is 6.33. The van der Waals surface area contributed by atoms with Gasteiger partial charge >= 0.3 is 0 Å². The first-order valence-electron chi connectivity index (χ1n) is 22.7. The molecule has 13 aromatic rings. The molecule has 0 saturated carbocycles. The first-order chi connectivity index (χ1) is 32.0. The van der Waals surface area contributed by atoms with Crippen molar-refractivity contribution < 1.29 is 0 Å². The second-order valence-corrected chi connectivity index (χ2v) is 18.5. The van der Waals surface area contributed by atoms with Gasteiger partial charge in [0.1, 0.15) is 0 Å². The number of hydrogen-bond donors (Lipinski definition) is 0. The zero-order valence-corrected chi connectivity index (χ0v) is 36.2. The van der Waals surface area contributed by atoms with Crippen LogP contribution in [0.15, 0.2) is 218 Å². The molecule has 1 heterocycles. The van der Waals surface area contributed by atoms with Gasteiger partial charge in [0.15, 0.2) is 0 Å². The number of nitrogens with zero attached hydrogens (tertiary/aromatic N) is 2. The lowest BCUT2D eigenvalue weighted by Gasteiger charge is -2.29. The summed E-state index contributed by atoms with van der Waals surface area (Å²) >= 11 is 0. The van der Waals surface area contributed by atoms with Gasteiger partial charge in [0.25, 0.3) is 0 Å². The topological polar surface area (TPSA) is 8.17 Å². The molecule has 0 fully saturated rings. The van der Waals surface area contributed by atoms with E-state index in [1.54, 1.807) is 0 Å². The molecule has 0 aliphatic heterocycles. The summed E-state index contributed by atoms with van der Waals surface area (Å²) in [6.07, 6.45) is 0. The van der Waals surface area contributed by atoms with Crippen LogP contribution in [0.2, 0.25) is 0 Å². The predicted molar refractivity (Wildman–Crippen MR) is 277 cm³/mol. The van der Waals surface area contributed by atoms with Crippen LogP contribution < -0.4 is 4.90 Å². The maximum absolute atomic E-state index is 2.51. The van der Waals surface area contributed by atoms with Crippen molar-refractivity contribution in [3.63, 3.8) is 0 Å². The molecule has 0 unspecified atom stereocenters. The van der Waals surface area contributed by atoms with E-state index in [1.165, 1.54) is 120 Å². The summed E-state index contributed by atoms with van der Waals surface area (Å²) in [5.41, 5.74) is 14.6. The summed E-state index contributed by atoms with van der Waals surface area (Å²) < 4.78 is 2.51. The summed E-state index contributed by atoms with van der Waals surface area (Å²) in [5.74, 6) is 0. The second kappa shape index (κ2) is 13.4. The molecule has 65 heavy (non-hydrogen) atoms. The number of para-hydroxylation sites is 1. The minimum absolute atomic E-state index is 0.224. The number of hydrogen-bond acceptors (Lipinski definition) is 1. The molecule has 12 aromatic carbocycles. The van der Waals surface area contributed by atoms with Crippen molar-refractivity contribution in [1.82, 2.24) is 4.57 Å². The van der Waals surface area contributed by atoms with Crippen molar-refractivity contribution in [2.24, 2.45) is 0 Å². The molecule has 2 heteroatoms. The molecule has 1 aromatic heterocycles. The molecule has 0 spiro atoms. The van der Waals surface area contributed by atoms with Crippen molar-refractivity contribution in [2.75, 3.05) is 4.90 Å². The van der Waals surface area contributed by atoms with Gasteiger partial charge in [-0.05, 0) is 143 Å². The van der Waals surface area contributed by atoms with E-state index in [0.717, 1.165) is 11.4 Å². The van der Waals surface area contributed by atoms with Gasteiger partial charge in [-0.25, -0.2) is 0 Å². The average Bonchev–Trinajstić information content (AvgIpc) is 3.80. The van der Waals surface area contributed by atoms with Crippen molar-refractivity contribution in [3.8, 4) is 27.9 Å².